The number of halogens is 4. The van der Waals surface area contributed by atoms with E-state index in [0.29, 0.717) is 0 Å². The highest BCUT2D eigenvalue weighted by atomic mass is 19.4. The number of hydrogen-bond acceptors (Lipinski definition) is 1. The third-order valence-corrected chi connectivity index (χ3v) is 2.51. The van der Waals surface area contributed by atoms with Gasteiger partial charge in [0.1, 0.15) is 11.4 Å². The Morgan fingerprint density at radius 1 is 1.19 bits per heavy atom. The number of rotatable bonds is 3. The average Bonchev–Trinajstić information content (AvgIpc) is 2.16. The lowest BCUT2D eigenvalue weighted by Crippen LogP contribution is -2.52. The lowest BCUT2D eigenvalue weighted by molar-refractivity contribution is -0.195. The molecule has 0 aromatic heterocycles. The van der Waals surface area contributed by atoms with Crippen LogP contribution in [0.15, 0.2) is 24.3 Å². The summed E-state index contributed by atoms with van der Waals surface area (Å²) in [5.74, 6) is -0.858. The van der Waals surface area contributed by atoms with Crippen molar-refractivity contribution < 1.29 is 17.6 Å². The molecule has 0 saturated carbocycles. The molecule has 0 radical (unpaired) electrons. The van der Waals surface area contributed by atoms with Gasteiger partial charge in [-0.05, 0) is 19.5 Å². The molecule has 1 atom stereocenters. The Hall–Kier alpha value is -1.10. The van der Waals surface area contributed by atoms with E-state index < -0.39 is 17.5 Å². The monoisotopic (exact) mass is 235 g/mol. The third kappa shape index (κ3) is 2.19. The van der Waals surface area contributed by atoms with Crippen molar-refractivity contribution in [3.05, 3.63) is 35.6 Å². The van der Waals surface area contributed by atoms with Crippen LogP contribution in [0, 0.1) is 5.82 Å². The van der Waals surface area contributed by atoms with Crippen LogP contribution in [-0.2, 0) is 5.54 Å². The molecule has 1 unspecified atom stereocenters. The van der Waals surface area contributed by atoms with Gasteiger partial charge in [0.25, 0.3) is 0 Å². The predicted octanol–water partition coefficient (Wildman–Crippen LogP) is 3.21. The van der Waals surface area contributed by atoms with E-state index in [1.807, 2.05) is 0 Å². The molecule has 1 N–H and O–H groups in total. The van der Waals surface area contributed by atoms with Crippen LogP contribution in [0.3, 0.4) is 0 Å². The third-order valence-electron chi connectivity index (χ3n) is 2.51. The number of benzene rings is 1. The lowest BCUT2D eigenvalue weighted by Gasteiger charge is -2.33. The molecule has 0 aliphatic rings. The van der Waals surface area contributed by atoms with Crippen LogP contribution in [0.1, 0.15) is 19.4 Å². The van der Waals surface area contributed by atoms with E-state index in [1.165, 1.54) is 12.1 Å². The van der Waals surface area contributed by atoms with Crippen LogP contribution in [0.25, 0.3) is 0 Å². The van der Waals surface area contributed by atoms with Gasteiger partial charge in [0, 0.05) is 5.56 Å². The smallest absolute Gasteiger partial charge is 0.300 e. The van der Waals surface area contributed by atoms with Crippen LogP contribution < -0.4 is 5.32 Å². The second-order valence-corrected chi connectivity index (χ2v) is 3.63. The van der Waals surface area contributed by atoms with Gasteiger partial charge in [-0.25, -0.2) is 4.39 Å². The summed E-state index contributed by atoms with van der Waals surface area (Å²) in [6.07, 6.45) is -4.55. The van der Waals surface area contributed by atoms with Crippen molar-refractivity contribution in [2.24, 2.45) is 0 Å². The fraction of sp³-hybridized carbons (Fsp3) is 0.455. The molecule has 0 spiro atoms. The largest absolute Gasteiger partial charge is 0.410 e. The van der Waals surface area contributed by atoms with E-state index in [4.69, 9.17) is 0 Å². The van der Waals surface area contributed by atoms with Crippen molar-refractivity contribution in [3.8, 4) is 0 Å². The predicted molar refractivity (Wildman–Crippen MR) is 53.5 cm³/mol. The molecule has 16 heavy (non-hydrogen) atoms. The summed E-state index contributed by atoms with van der Waals surface area (Å²) in [6.45, 7) is 2.59. The SMILES string of the molecule is CCNC(C)(c1ccccc1F)C(F)(F)F. The van der Waals surface area contributed by atoms with Gasteiger partial charge in [0.2, 0.25) is 0 Å². The molecule has 0 heterocycles. The van der Waals surface area contributed by atoms with E-state index in [0.717, 1.165) is 19.1 Å². The zero-order chi connectivity index (χ0) is 12.4. The fourth-order valence-corrected chi connectivity index (χ4v) is 1.57. The van der Waals surface area contributed by atoms with Crippen molar-refractivity contribution in [1.29, 1.82) is 0 Å². The van der Waals surface area contributed by atoms with Gasteiger partial charge in [-0.3, -0.25) is 0 Å². The Morgan fingerprint density at radius 3 is 2.19 bits per heavy atom. The number of hydrogen-bond donors (Lipinski definition) is 1. The molecular weight excluding hydrogens is 222 g/mol. The second kappa shape index (κ2) is 4.41. The van der Waals surface area contributed by atoms with Crippen LogP contribution in [0.2, 0.25) is 0 Å². The Labute approximate surface area is 91.5 Å². The summed E-state index contributed by atoms with van der Waals surface area (Å²) < 4.78 is 52.2. The molecule has 1 nitrogen and oxygen atoms in total. The first-order valence-electron chi connectivity index (χ1n) is 4.89. The van der Waals surface area contributed by atoms with Crippen molar-refractivity contribution in [3.63, 3.8) is 0 Å². The minimum Gasteiger partial charge on any atom is -0.300 e. The summed E-state index contributed by atoms with van der Waals surface area (Å²) in [6, 6.07) is 4.92. The van der Waals surface area contributed by atoms with E-state index >= 15 is 0 Å². The van der Waals surface area contributed by atoms with Gasteiger partial charge in [-0.1, -0.05) is 25.1 Å². The summed E-state index contributed by atoms with van der Waals surface area (Å²) in [7, 11) is 0. The number of alkyl halides is 3. The molecular formula is C11H13F4N. The first-order valence-corrected chi connectivity index (χ1v) is 4.89. The van der Waals surface area contributed by atoms with Gasteiger partial charge < -0.3 is 5.32 Å². The Balaban J connectivity index is 3.28. The first-order chi connectivity index (χ1) is 7.33. The molecule has 5 heteroatoms. The molecule has 0 saturated heterocycles. The zero-order valence-corrected chi connectivity index (χ0v) is 9.03. The van der Waals surface area contributed by atoms with Crippen molar-refractivity contribution >= 4 is 0 Å². The van der Waals surface area contributed by atoms with Crippen LogP contribution in [0.5, 0.6) is 0 Å². The summed E-state index contributed by atoms with van der Waals surface area (Å²) in [4.78, 5) is 0. The van der Waals surface area contributed by atoms with Crippen LogP contribution in [0.4, 0.5) is 17.6 Å². The maximum atomic E-state index is 13.4. The van der Waals surface area contributed by atoms with Crippen LogP contribution >= 0.6 is 0 Å². The van der Waals surface area contributed by atoms with Gasteiger partial charge in [-0.2, -0.15) is 13.2 Å². The van der Waals surface area contributed by atoms with E-state index in [1.54, 1.807) is 6.92 Å². The Kier molecular flexibility index (Phi) is 3.57. The summed E-state index contributed by atoms with van der Waals surface area (Å²) in [5, 5.41) is 2.29. The highest BCUT2D eigenvalue weighted by Crippen LogP contribution is 2.39. The normalized spacial score (nSPS) is 15.9. The van der Waals surface area contributed by atoms with Crippen molar-refractivity contribution in [2.45, 2.75) is 25.6 Å². The minimum atomic E-state index is -4.55. The highest BCUT2D eigenvalue weighted by molar-refractivity contribution is 5.27. The van der Waals surface area contributed by atoms with Gasteiger partial charge in [0.05, 0.1) is 0 Å². The molecule has 1 aromatic rings. The summed E-state index contributed by atoms with van der Waals surface area (Å²) in [5.41, 5.74) is -2.74. The molecule has 0 bridgehead atoms. The van der Waals surface area contributed by atoms with E-state index in [2.05, 4.69) is 5.32 Å². The fourth-order valence-electron chi connectivity index (χ4n) is 1.57. The zero-order valence-electron chi connectivity index (χ0n) is 9.03. The molecule has 0 amide bonds. The highest BCUT2D eigenvalue weighted by Gasteiger charge is 2.52. The molecule has 0 fully saturated rings. The number of nitrogens with one attached hydrogen (secondary N) is 1. The molecule has 90 valence electrons. The van der Waals surface area contributed by atoms with Gasteiger partial charge >= 0.3 is 6.18 Å². The molecule has 1 rings (SSSR count). The van der Waals surface area contributed by atoms with Gasteiger partial charge in [-0.15, -0.1) is 0 Å². The van der Waals surface area contributed by atoms with E-state index in [9.17, 15) is 17.6 Å². The maximum absolute atomic E-state index is 13.4. The standard InChI is InChI=1S/C11H13F4N/c1-3-16-10(2,11(13,14)15)8-6-4-5-7-9(8)12/h4-7,16H,3H2,1-2H3. The van der Waals surface area contributed by atoms with E-state index in [-0.39, 0.29) is 12.1 Å². The van der Waals surface area contributed by atoms with Gasteiger partial charge in [0.15, 0.2) is 0 Å². The molecule has 0 aliphatic carbocycles. The Morgan fingerprint density at radius 2 is 1.75 bits per heavy atom. The molecule has 0 aliphatic heterocycles. The minimum absolute atomic E-state index is 0.102. The van der Waals surface area contributed by atoms with Crippen molar-refractivity contribution in [1.82, 2.24) is 5.32 Å². The topological polar surface area (TPSA) is 12.0 Å². The summed E-state index contributed by atoms with van der Waals surface area (Å²) >= 11 is 0. The Bertz CT molecular complexity index is 361. The maximum Gasteiger partial charge on any atom is 0.410 e. The first kappa shape index (κ1) is 13.0. The quantitative estimate of drug-likeness (QED) is 0.793. The second-order valence-electron chi connectivity index (χ2n) is 3.63. The van der Waals surface area contributed by atoms with Crippen LogP contribution in [-0.4, -0.2) is 12.7 Å². The lowest BCUT2D eigenvalue weighted by atomic mass is 9.90. The average molecular weight is 235 g/mol. The van der Waals surface area contributed by atoms with Crippen molar-refractivity contribution in [2.75, 3.05) is 6.54 Å². The molecule has 1 aromatic carbocycles.